The van der Waals surface area contributed by atoms with Crippen LogP contribution in [-0.2, 0) is 7.05 Å². The van der Waals surface area contributed by atoms with Crippen molar-refractivity contribution in [1.29, 1.82) is 0 Å². The molecule has 0 aliphatic heterocycles. The van der Waals surface area contributed by atoms with Gasteiger partial charge in [-0.1, -0.05) is 15.9 Å². The third-order valence-corrected chi connectivity index (χ3v) is 2.97. The standard InChI is InChI=1S/C12H13BrN4O/c1-7-5-8(13)6-9(14)11(7)15-12(18)10-3-4-17(2)16-10/h3-6H,14H2,1-2H3,(H,15,18). The van der Waals surface area contributed by atoms with Crippen molar-refractivity contribution in [2.75, 3.05) is 11.1 Å². The Balaban J connectivity index is 2.27. The van der Waals surface area contributed by atoms with Gasteiger partial charge < -0.3 is 11.1 Å². The number of anilines is 2. The fourth-order valence-corrected chi connectivity index (χ4v) is 2.24. The average Bonchev–Trinajstić information content (AvgIpc) is 2.70. The SMILES string of the molecule is Cc1cc(Br)cc(N)c1NC(=O)c1ccn(C)n1. The van der Waals surface area contributed by atoms with Crippen LogP contribution in [0.25, 0.3) is 0 Å². The monoisotopic (exact) mass is 308 g/mol. The molecular weight excluding hydrogens is 296 g/mol. The fourth-order valence-electron chi connectivity index (χ4n) is 1.65. The molecule has 1 heterocycles. The lowest BCUT2D eigenvalue weighted by atomic mass is 10.1. The molecule has 94 valence electrons. The molecule has 3 N–H and O–H groups in total. The van der Waals surface area contributed by atoms with Gasteiger partial charge >= 0.3 is 0 Å². The van der Waals surface area contributed by atoms with E-state index in [9.17, 15) is 4.79 Å². The Labute approximate surface area is 113 Å². The topological polar surface area (TPSA) is 72.9 Å². The van der Waals surface area contributed by atoms with Gasteiger partial charge in [0.2, 0.25) is 0 Å². The summed E-state index contributed by atoms with van der Waals surface area (Å²) in [4.78, 5) is 12.0. The maximum absolute atomic E-state index is 12.0. The number of nitrogens with zero attached hydrogens (tertiary/aromatic N) is 2. The van der Waals surface area contributed by atoms with E-state index in [1.54, 1.807) is 30.1 Å². The highest BCUT2D eigenvalue weighted by atomic mass is 79.9. The minimum atomic E-state index is -0.271. The van der Waals surface area contributed by atoms with Crippen molar-refractivity contribution in [3.8, 4) is 0 Å². The van der Waals surface area contributed by atoms with Crippen molar-refractivity contribution in [3.05, 3.63) is 40.1 Å². The van der Waals surface area contributed by atoms with Crippen LogP contribution in [0.15, 0.2) is 28.9 Å². The Morgan fingerprint density at radius 1 is 1.50 bits per heavy atom. The first-order valence-corrected chi connectivity index (χ1v) is 6.13. The van der Waals surface area contributed by atoms with Crippen molar-refractivity contribution in [3.63, 3.8) is 0 Å². The van der Waals surface area contributed by atoms with Crippen LogP contribution in [0.4, 0.5) is 11.4 Å². The first-order valence-electron chi connectivity index (χ1n) is 5.34. The van der Waals surface area contributed by atoms with Gasteiger partial charge in [0, 0.05) is 17.7 Å². The summed E-state index contributed by atoms with van der Waals surface area (Å²) in [6, 6.07) is 5.30. The zero-order chi connectivity index (χ0) is 13.3. The lowest BCUT2D eigenvalue weighted by Gasteiger charge is -2.11. The van der Waals surface area contributed by atoms with Crippen LogP contribution in [0, 0.1) is 6.92 Å². The number of rotatable bonds is 2. The second kappa shape index (κ2) is 4.81. The molecule has 0 aliphatic carbocycles. The number of carbonyl (C=O) groups excluding carboxylic acids is 1. The zero-order valence-corrected chi connectivity index (χ0v) is 11.7. The van der Waals surface area contributed by atoms with Gasteiger partial charge in [-0.25, -0.2) is 0 Å². The second-order valence-corrected chi connectivity index (χ2v) is 4.93. The molecule has 0 saturated heterocycles. The first-order chi connectivity index (χ1) is 8.47. The summed E-state index contributed by atoms with van der Waals surface area (Å²) in [5.74, 6) is -0.271. The Kier molecular flexibility index (Phi) is 3.38. The Morgan fingerprint density at radius 2 is 2.22 bits per heavy atom. The van der Waals surface area contributed by atoms with Gasteiger partial charge in [0.15, 0.2) is 5.69 Å². The van der Waals surface area contributed by atoms with Crippen LogP contribution >= 0.6 is 15.9 Å². The predicted molar refractivity (Wildman–Crippen MR) is 74.5 cm³/mol. The molecule has 18 heavy (non-hydrogen) atoms. The zero-order valence-electron chi connectivity index (χ0n) is 10.1. The van der Waals surface area contributed by atoms with Crippen molar-refractivity contribution in [2.45, 2.75) is 6.92 Å². The highest BCUT2D eigenvalue weighted by molar-refractivity contribution is 9.10. The minimum absolute atomic E-state index is 0.271. The van der Waals surface area contributed by atoms with Gasteiger partial charge in [-0.2, -0.15) is 5.10 Å². The predicted octanol–water partition coefficient (Wildman–Crippen LogP) is 2.33. The summed E-state index contributed by atoms with van der Waals surface area (Å²) < 4.78 is 2.46. The normalized spacial score (nSPS) is 10.4. The van der Waals surface area contributed by atoms with Crippen LogP contribution in [0.5, 0.6) is 0 Å². The number of benzene rings is 1. The summed E-state index contributed by atoms with van der Waals surface area (Å²) >= 11 is 3.35. The minimum Gasteiger partial charge on any atom is -0.397 e. The Bertz CT molecular complexity index is 583. The molecule has 0 atom stereocenters. The smallest absolute Gasteiger partial charge is 0.276 e. The highest BCUT2D eigenvalue weighted by Gasteiger charge is 2.12. The van der Waals surface area contributed by atoms with E-state index in [4.69, 9.17) is 5.73 Å². The number of halogens is 1. The third kappa shape index (κ3) is 2.53. The number of nitrogens with one attached hydrogen (secondary N) is 1. The summed E-state index contributed by atoms with van der Waals surface area (Å²) in [6.07, 6.45) is 1.71. The number of nitrogen functional groups attached to an aromatic ring is 1. The molecular formula is C12H13BrN4O. The molecule has 0 saturated carbocycles. The molecule has 6 heteroatoms. The van der Waals surface area contributed by atoms with E-state index >= 15 is 0 Å². The molecule has 2 rings (SSSR count). The van der Waals surface area contributed by atoms with Crippen LogP contribution in [-0.4, -0.2) is 15.7 Å². The number of aryl methyl sites for hydroxylation is 2. The largest absolute Gasteiger partial charge is 0.397 e. The average molecular weight is 309 g/mol. The highest BCUT2D eigenvalue weighted by Crippen LogP contribution is 2.28. The lowest BCUT2D eigenvalue weighted by molar-refractivity contribution is 0.102. The van der Waals surface area contributed by atoms with E-state index in [2.05, 4.69) is 26.3 Å². The molecule has 1 aromatic heterocycles. The number of nitrogens with two attached hydrogens (primary N) is 1. The molecule has 0 spiro atoms. The Morgan fingerprint density at radius 3 is 2.78 bits per heavy atom. The molecule has 0 bridgehead atoms. The van der Waals surface area contributed by atoms with Gasteiger partial charge in [-0.3, -0.25) is 9.48 Å². The van der Waals surface area contributed by atoms with Crippen molar-refractivity contribution >= 4 is 33.2 Å². The molecule has 1 amide bonds. The van der Waals surface area contributed by atoms with E-state index in [-0.39, 0.29) is 5.91 Å². The van der Waals surface area contributed by atoms with Crippen LogP contribution < -0.4 is 11.1 Å². The van der Waals surface area contributed by atoms with E-state index in [0.717, 1.165) is 10.0 Å². The van der Waals surface area contributed by atoms with Gasteiger partial charge in [0.1, 0.15) is 0 Å². The van der Waals surface area contributed by atoms with Crippen molar-refractivity contribution in [2.24, 2.45) is 7.05 Å². The first kappa shape index (κ1) is 12.6. The number of hydrogen-bond donors (Lipinski definition) is 2. The summed E-state index contributed by atoms with van der Waals surface area (Å²) in [5.41, 5.74) is 8.28. The third-order valence-electron chi connectivity index (χ3n) is 2.52. The van der Waals surface area contributed by atoms with E-state index < -0.39 is 0 Å². The van der Waals surface area contributed by atoms with Gasteiger partial charge in [0.25, 0.3) is 5.91 Å². The number of hydrogen-bond acceptors (Lipinski definition) is 3. The van der Waals surface area contributed by atoms with Crippen molar-refractivity contribution in [1.82, 2.24) is 9.78 Å². The summed E-state index contributed by atoms with van der Waals surface area (Å²) in [7, 11) is 1.76. The number of carbonyl (C=O) groups is 1. The molecule has 2 aromatic rings. The van der Waals surface area contributed by atoms with Crippen LogP contribution in [0.2, 0.25) is 0 Å². The molecule has 0 radical (unpaired) electrons. The van der Waals surface area contributed by atoms with Crippen LogP contribution in [0.3, 0.4) is 0 Å². The van der Waals surface area contributed by atoms with E-state index in [1.807, 2.05) is 13.0 Å². The molecule has 0 aliphatic rings. The van der Waals surface area contributed by atoms with E-state index in [0.29, 0.717) is 17.1 Å². The quantitative estimate of drug-likeness (QED) is 0.836. The summed E-state index contributed by atoms with van der Waals surface area (Å²) in [6.45, 7) is 1.88. The molecule has 1 aromatic carbocycles. The maximum Gasteiger partial charge on any atom is 0.276 e. The van der Waals surface area contributed by atoms with Gasteiger partial charge in [0.05, 0.1) is 11.4 Å². The number of aromatic nitrogens is 2. The molecule has 0 unspecified atom stereocenters. The maximum atomic E-state index is 12.0. The van der Waals surface area contributed by atoms with Crippen molar-refractivity contribution < 1.29 is 4.79 Å². The van der Waals surface area contributed by atoms with Gasteiger partial charge in [-0.15, -0.1) is 0 Å². The molecule has 5 nitrogen and oxygen atoms in total. The Hall–Kier alpha value is -1.82. The second-order valence-electron chi connectivity index (χ2n) is 4.02. The fraction of sp³-hybridized carbons (Fsp3) is 0.167. The van der Waals surface area contributed by atoms with Crippen LogP contribution in [0.1, 0.15) is 16.1 Å². The van der Waals surface area contributed by atoms with E-state index in [1.165, 1.54) is 0 Å². The molecule has 0 fully saturated rings. The number of amides is 1. The lowest BCUT2D eigenvalue weighted by Crippen LogP contribution is -2.15. The summed E-state index contributed by atoms with van der Waals surface area (Å²) in [5, 5.41) is 6.81. The van der Waals surface area contributed by atoms with Gasteiger partial charge in [-0.05, 0) is 30.7 Å².